The van der Waals surface area contributed by atoms with Gasteiger partial charge in [0.1, 0.15) is 25.1 Å². The fourth-order valence-electron chi connectivity index (χ4n) is 4.63. The Balaban J connectivity index is -0.0000148. The van der Waals surface area contributed by atoms with Gasteiger partial charge in [0, 0.05) is 69.6 Å². The van der Waals surface area contributed by atoms with Crippen molar-refractivity contribution in [2.45, 2.75) is 55.9 Å². The Morgan fingerprint density at radius 1 is 0.346 bits per heavy atom. The summed E-state index contributed by atoms with van der Waals surface area (Å²) in [7, 11) is -7.47. The van der Waals surface area contributed by atoms with Gasteiger partial charge in [-0.1, -0.05) is 0 Å². The molecule has 0 aromatic carbocycles. The summed E-state index contributed by atoms with van der Waals surface area (Å²) in [6.45, 7) is -3.32. The monoisotopic (exact) mass is 1480 g/mol. The number of rotatable bonds is 60. The van der Waals surface area contributed by atoms with Crippen LogP contribution in [-0.4, -0.2) is 212 Å². The van der Waals surface area contributed by atoms with Crippen molar-refractivity contribution >= 4 is 130 Å². The largest absolute Gasteiger partial charge is 0.400 e. The van der Waals surface area contributed by atoms with Crippen molar-refractivity contribution in [3.8, 4) is 0 Å². The van der Waals surface area contributed by atoms with Gasteiger partial charge in [0.25, 0.3) is 56.4 Å². The highest BCUT2D eigenvalue weighted by molar-refractivity contribution is 8.13. The second-order valence-electron chi connectivity index (χ2n) is 12.9. The molecule has 0 spiro atoms. The summed E-state index contributed by atoms with van der Waals surface area (Å²) >= 11 is 0. The van der Waals surface area contributed by atoms with Gasteiger partial charge < -0.3 is 108 Å². The fourth-order valence-corrected chi connectivity index (χ4v) is 14.3. The van der Waals surface area contributed by atoms with Gasteiger partial charge in [0.05, 0.1) is 77.8 Å². The molecule has 0 aliphatic rings. The molecule has 15 atom stereocenters. The van der Waals surface area contributed by atoms with Crippen molar-refractivity contribution in [2.75, 3.05) is 149 Å². The predicted octanol–water partition coefficient (Wildman–Crippen LogP) is 10.6. The van der Waals surface area contributed by atoms with Crippen LogP contribution in [0.1, 0.15) is 19.3 Å². The molecule has 34 nitrogen and oxygen atoms in total. The maximum absolute atomic E-state index is 11.8. The van der Waals surface area contributed by atoms with Gasteiger partial charge in [-0.25, -0.2) is 4.89 Å². The van der Waals surface area contributed by atoms with Crippen molar-refractivity contribution in [1.82, 2.24) is 0 Å². The molecule has 5 N–H and O–H groups in total. The van der Waals surface area contributed by atoms with E-state index in [2.05, 4.69) is 8.93 Å². The summed E-state index contributed by atoms with van der Waals surface area (Å²) in [5.41, 5.74) is 0. The van der Waals surface area contributed by atoms with E-state index >= 15 is 0 Å². The third-order valence-electron chi connectivity index (χ3n) is 7.84. The standard InChI is InChI=1S/C29H62O32P16.2CH4O/c1-40-71(63-33)56-24(12-46-10-8-26(58-73(42-3)65-35)14-48-18-29(60-75(44-5)67-37)20-51-77(69-39)54-23-32)6-9-45-13-25(57-72(41-2)64-34)7-11-47-16-28(59-74(43-4)66-36)17-49-15-27(55-61-70(62)52-21-30)19-50-76(68-38)53-22-31;2*1-2/h24-32H,6-23,62H2,1-5H3;2*2H,1H3. The fraction of sp³-hybridized carbons (Fsp3) is 1.00. The van der Waals surface area contributed by atoms with Gasteiger partial charge in [0.2, 0.25) is 65.1 Å². The van der Waals surface area contributed by atoms with E-state index in [1.165, 1.54) is 35.5 Å². The minimum Gasteiger partial charge on any atom is -0.400 e. The third-order valence-corrected chi connectivity index (χ3v) is 23.5. The average molecular weight is 1480 g/mol. The van der Waals surface area contributed by atoms with Crippen LogP contribution in [0, 0.1) is 0 Å². The van der Waals surface area contributed by atoms with Crippen LogP contribution in [0.3, 0.4) is 0 Å². The Hall–Kier alpha value is 3.49. The lowest BCUT2D eigenvalue weighted by molar-refractivity contribution is -0.261. The molecule has 0 saturated carbocycles. The normalized spacial score (nSPS) is 17.3. The molecule has 0 aromatic rings. The van der Waals surface area contributed by atoms with Gasteiger partial charge >= 0.3 is 0 Å². The van der Waals surface area contributed by atoms with E-state index in [-0.39, 0.29) is 98.5 Å². The Bertz CT molecular complexity index is 1490. The molecule has 0 rings (SSSR count). The molecule has 0 saturated heterocycles. The lowest BCUT2D eigenvalue weighted by atomic mass is 10.2. The van der Waals surface area contributed by atoms with E-state index in [0.29, 0.717) is 0 Å². The smallest absolute Gasteiger partial charge is 0.274 e. The first-order valence-electron chi connectivity index (χ1n) is 22.1. The molecule has 0 radical (unpaired) electrons. The molecule has 0 fully saturated rings. The summed E-state index contributed by atoms with van der Waals surface area (Å²) in [5, 5.41) is 41.0. The van der Waals surface area contributed by atoms with Crippen LogP contribution in [0.15, 0.2) is 0 Å². The quantitative estimate of drug-likeness (QED) is 0.0124. The van der Waals surface area contributed by atoms with Gasteiger partial charge in [-0.05, 0) is 28.2 Å². The Morgan fingerprint density at radius 3 is 0.914 bits per heavy atom. The zero-order chi connectivity index (χ0) is 61.3. The highest BCUT2D eigenvalue weighted by Gasteiger charge is 2.27. The second-order valence-corrected chi connectivity index (χ2v) is 33.8. The van der Waals surface area contributed by atoms with Crippen LogP contribution >= 0.6 is 130 Å². The van der Waals surface area contributed by atoms with Crippen LogP contribution in [-0.2, 0) is 133 Å². The van der Waals surface area contributed by atoms with E-state index < -0.39 is 179 Å². The van der Waals surface area contributed by atoms with Crippen molar-refractivity contribution in [3.05, 3.63) is 0 Å². The number of hydrogen-bond donors (Lipinski definition) is 5. The van der Waals surface area contributed by atoms with Gasteiger partial charge in [-0.15, -0.1) is 0 Å². The van der Waals surface area contributed by atoms with E-state index in [1.807, 2.05) is 0 Å². The molecule has 478 valence electrons. The molecule has 0 heterocycles. The molecular weight excluding hydrogens is 1410 g/mol. The molecule has 15 unspecified atom stereocenters. The van der Waals surface area contributed by atoms with Crippen LogP contribution < -0.4 is 0 Å². The number of aliphatic hydroxyl groups is 5. The topological polar surface area (TPSA) is 424 Å². The van der Waals surface area contributed by atoms with Crippen molar-refractivity contribution in [2.24, 2.45) is 0 Å². The third kappa shape index (κ3) is 50.8. The highest BCUT2D eigenvalue weighted by Crippen LogP contribution is 2.56. The summed E-state index contributed by atoms with van der Waals surface area (Å²) in [6.07, 6.45) is -4.32. The molecule has 0 aliphatic heterocycles. The molecule has 0 aromatic heterocycles. The van der Waals surface area contributed by atoms with Crippen molar-refractivity contribution in [1.29, 1.82) is 0 Å². The molecular formula is C31H70O34P16. The van der Waals surface area contributed by atoms with Crippen LogP contribution in [0.25, 0.3) is 0 Å². The van der Waals surface area contributed by atoms with E-state index in [1.54, 1.807) is 0 Å². The maximum atomic E-state index is 11.8. The van der Waals surface area contributed by atoms with Crippen LogP contribution in [0.2, 0.25) is 0 Å². The Morgan fingerprint density at radius 2 is 0.605 bits per heavy atom. The highest BCUT2D eigenvalue weighted by atomic mass is 32.1. The van der Waals surface area contributed by atoms with E-state index in [4.69, 9.17) is 127 Å². The number of aliphatic hydroxyl groups excluding tert-OH is 5. The first kappa shape index (κ1) is 88.7. The molecule has 0 aliphatic carbocycles. The maximum Gasteiger partial charge on any atom is 0.274 e. The van der Waals surface area contributed by atoms with Gasteiger partial charge in [-0.2, -0.15) is 4.67 Å². The minimum absolute atomic E-state index is 0.0363. The van der Waals surface area contributed by atoms with Crippen molar-refractivity contribution in [3.63, 3.8) is 0 Å². The van der Waals surface area contributed by atoms with Crippen LogP contribution in [0.5, 0.6) is 0 Å². The average Bonchev–Trinajstić information content (AvgIpc) is 3.49. The van der Waals surface area contributed by atoms with Gasteiger partial charge in [-0.3, -0.25) is 41.0 Å². The zero-order valence-corrected chi connectivity index (χ0v) is 59.1. The van der Waals surface area contributed by atoms with E-state index in [0.717, 1.165) is 14.2 Å². The molecule has 0 bridgehead atoms. The Kier molecular flexibility index (Phi) is 72.7. The first-order chi connectivity index (χ1) is 39.4. The van der Waals surface area contributed by atoms with Crippen LogP contribution in [0.4, 0.5) is 0 Å². The summed E-state index contributed by atoms with van der Waals surface area (Å²) in [6, 6.07) is 0. The van der Waals surface area contributed by atoms with Crippen molar-refractivity contribution < 1.29 is 159 Å². The summed E-state index contributed by atoms with van der Waals surface area (Å²) in [4.78, 5) is 5.31. The minimum atomic E-state index is -2.02. The first-order valence-corrected chi connectivity index (χ1v) is 43.7. The number of hydrogen-bond acceptors (Lipinski definition) is 34. The summed E-state index contributed by atoms with van der Waals surface area (Å²) < 4.78 is 196. The lowest BCUT2D eigenvalue weighted by Gasteiger charge is -2.24. The number of ether oxygens (including phenoxy) is 5. The molecule has 0 amide bonds. The molecule has 50 heteroatoms. The Labute approximate surface area is 492 Å². The van der Waals surface area contributed by atoms with E-state index in [9.17, 15) is 32.0 Å². The zero-order valence-electron chi connectivity index (χ0n) is 44.6. The predicted molar refractivity (Wildman–Crippen MR) is 304 cm³/mol. The molecule has 81 heavy (non-hydrogen) atoms. The SMILES string of the molecule is CO.CO.COP(OC(CCOCC(COCC(COP(OCO)P=O)OOP(P)OCO)OP(OC)P=O)COCCC(COCCC(COCC(COP(OCO)P=O)OP(OC)P=O)OP(OC)P=O)OP(OC)P=O)P=O. The lowest BCUT2D eigenvalue weighted by Crippen LogP contribution is -2.30. The van der Waals surface area contributed by atoms with Gasteiger partial charge in [0.15, 0.2) is 13.6 Å². The summed E-state index contributed by atoms with van der Waals surface area (Å²) in [5.74, 6) is 0. The second kappa shape index (κ2) is 66.4.